The predicted molar refractivity (Wildman–Crippen MR) is 137 cm³/mol. The molecule has 0 aliphatic carbocycles. The van der Waals surface area contributed by atoms with Gasteiger partial charge in [-0.05, 0) is 37.6 Å². The number of aromatic nitrogens is 3. The van der Waals surface area contributed by atoms with E-state index < -0.39 is 5.69 Å². The molecule has 0 radical (unpaired) electrons. The van der Waals surface area contributed by atoms with Crippen LogP contribution in [0, 0.1) is 5.92 Å². The van der Waals surface area contributed by atoms with Crippen molar-refractivity contribution in [2.75, 3.05) is 33.4 Å². The summed E-state index contributed by atoms with van der Waals surface area (Å²) in [5.41, 5.74) is 1.53. The third-order valence-electron chi connectivity index (χ3n) is 7.13. The fourth-order valence-corrected chi connectivity index (χ4v) is 6.78. The Balaban J connectivity index is 1.13. The van der Waals surface area contributed by atoms with Crippen LogP contribution < -0.4 is 20.7 Å². The normalized spacial score (nSPS) is 19.6. The van der Waals surface area contributed by atoms with Crippen LogP contribution in [0.3, 0.4) is 0 Å². The minimum atomic E-state index is -0.406. The molecule has 2 aliphatic rings. The van der Waals surface area contributed by atoms with Gasteiger partial charge in [-0.2, -0.15) is 0 Å². The van der Waals surface area contributed by atoms with Gasteiger partial charge in [0.1, 0.15) is 21.7 Å². The number of thiophene rings is 1. The number of nitrogens with one attached hydrogen (secondary N) is 1. The molecular formula is C25H25ClN4O4S. The molecule has 2 aliphatic heterocycles. The first-order valence-corrected chi connectivity index (χ1v) is 13.0. The molecule has 3 aromatic heterocycles. The van der Waals surface area contributed by atoms with Gasteiger partial charge >= 0.3 is 5.69 Å². The van der Waals surface area contributed by atoms with Crippen LogP contribution in [-0.2, 0) is 6.54 Å². The number of likely N-dealkylation sites (tertiary alicyclic amines) is 1. The number of pyridine rings is 1. The van der Waals surface area contributed by atoms with Crippen molar-refractivity contribution < 1.29 is 9.47 Å². The lowest BCUT2D eigenvalue weighted by molar-refractivity contribution is 0.209. The molecular weight excluding hydrogens is 488 g/mol. The van der Waals surface area contributed by atoms with E-state index in [1.807, 2.05) is 18.2 Å². The van der Waals surface area contributed by atoms with Crippen molar-refractivity contribution in [1.29, 1.82) is 0 Å². The molecule has 4 aromatic rings. The number of ether oxygens (including phenoxy) is 2. The molecule has 1 fully saturated rings. The van der Waals surface area contributed by atoms with Crippen LogP contribution in [0.4, 0.5) is 0 Å². The van der Waals surface area contributed by atoms with Gasteiger partial charge in [0.25, 0.3) is 5.56 Å². The summed E-state index contributed by atoms with van der Waals surface area (Å²) in [5, 5.41) is 0.528. The minimum absolute atomic E-state index is 0.282. The number of unbranched alkanes of at least 4 members (excludes halogenated alkanes) is 1. The molecule has 0 bridgehead atoms. The molecule has 8 nitrogen and oxygen atoms in total. The summed E-state index contributed by atoms with van der Waals surface area (Å²) in [5.74, 6) is 2.67. The lowest BCUT2D eigenvalue weighted by Gasteiger charge is -2.29. The second-order valence-electron chi connectivity index (χ2n) is 9.18. The number of rotatable bonds is 6. The maximum absolute atomic E-state index is 13.1. The third kappa shape index (κ3) is 3.82. The summed E-state index contributed by atoms with van der Waals surface area (Å²) >= 11 is 7.54. The third-order valence-corrected chi connectivity index (χ3v) is 8.76. The van der Waals surface area contributed by atoms with E-state index in [0.717, 1.165) is 50.6 Å². The number of nitrogens with zero attached hydrogens (tertiary/aromatic N) is 3. The quantitative estimate of drug-likeness (QED) is 0.395. The molecule has 10 heteroatoms. The van der Waals surface area contributed by atoms with E-state index in [1.54, 1.807) is 19.4 Å². The lowest BCUT2D eigenvalue weighted by atomic mass is 9.86. The second-order valence-corrected chi connectivity index (χ2v) is 10.6. The number of halogens is 1. The highest BCUT2D eigenvalue weighted by Gasteiger charge is 2.40. The number of methoxy groups -OCH3 is 1. The summed E-state index contributed by atoms with van der Waals surface area (Å²) in [6.07, 6.45) is 3.21. The van der Waals surface area contributed by atoms with Crippen molar-refractivity contribution in [3.8, 4) is 11.5 Å². The van der Waals surface area contributed by atoms with Crippen molar-refractivity contribution in [3.05, 3.63) is 61.9 Å². The first-order chi connectivity index (χ1) is 17.0. The van der Waals surface area contributed by atoms with Crippen molar-refractivity contribution in [3.63, 3.8) is 0 Å². The molecule has 182 valence electrons. The molecule has 5 heterocycles. The van der Waals surface area contributed by atoms with Crippen LogP contribution in [0.1, 0.15) is 24.3 Å². The monoisotopic (exact) mass is 512 g/mol. The highest BCUT2D eigenvalue weighted by atomic mass is 35.5. The zero-order valence-electron chi connectivity index (χ0n) is 19.3. The van der Waals surface area contributed by atoms with E-state index in [2.05, 4.69) is 14.9 Å². The fourth-order valence-electron chi connectivity index (χ4n) is 5.45. The Morgan fingerprint density at radius 1 is 1.20 bits per heavy atom. The maximum atomic E-state index is 13.1. The van der Waals surface area contributed by atoms with Gasteiger partial charge in [0, 0.05) is 43.2 Å². The van der Waals surface area contributed by atoms with E-state index in [9.17, 15) is 9.59 Å². The van der Waals surface area contributed by atoms with Crippen molar-refractivity contribution >= 4 is 43.4 Å². The topological polar surface area (TPSA) is 89.5 Å². The zero-order chi connectivity index (χ0) is 24.1. The number of fused-ring (bicyclic) bond motifs is 6. The summed E-state index contributed by atoms with van der Waals surface area (Å²) < 4.78 is 14.1. The Bertz CT molecular complexity index is 1530. The van der Waals surface area contributed by atoms with Crippen LogP contribution in [-0.4, -0.2) is 52.8 Å². The average Bonchev–Trinajstić information content (AvgIpc) is 3.45. The molecule has 0 amide bonds. The standard InChI is InChI=1S/C25H25ClN4O4S/c1-33-17-5-4-6-18-19(17)15-12-29(11-14(15)13-34-18)9-2-3-10-30-24(31)23-21(28-25(30)32)20-22(35-23)16(26)7-8-27-20/h4-8,14-15H,2-3,9-13H2,1H3,(H,28,32)/t14-,15+/m1/s1. The molecule has 0 unspecified atom stereocenters. The van der Waals surface area contributed by atoms with Gasteiger partial charge in [0.2, 0.25) is 0 Å². The van der Waals surface area contributed by atoms with Gasteiger partial charge in [-0.15, -0.1) is 11.3 Å². The highest BCUT2D eigenvalue weighted by Crippen LogP contribution is 2.46. The Kier molecular flexibility index (Phi) is 5.78. The minimum Gasteiger partial charge on any atom is -0.496 e. The smallest absolute Gasteiger partial charge is 0.328 e. The molecule has 0 spiro atoms. The zero-order valence-corrected chi connectivity index (χ0v) is 20.8. The Labute approximate surface area is 210 Å². The fraction of sp³-hybridized carbons (Fsp3) is 0.400. The molecule has 6 rings (SSSR count). The van der Waals surface area contributed by atoms with Crippen molar-refractivity contribution in [1.82, 2.24) is 19.4 Å². The van der Waals surface area contributed by atoms with E-state index in [-0.39, 0.29) is 5.56 Å². The number of hydrogen-bond acceptors (Lipinski definition) is 7. The van der Waals surface area contributed by atoms with Crippen LogP contribution in [0.15, 0.2) is 40.1 Å². The van der Waals surface area contributed by atoms with Gasteiger partial charge in [-0.3, -0.25) is 14.3 Å². The SMILES string of the molecule is COc1cccc2c1[C@H]1CN(CCCCn3c(=O)[nH]c4c(sc5c(Cl)ccnc54)c3=O)C[C@@H]1CO2. The van der Waals surface area contributed by atoms with E-state index >= 15 is 0 Å². The summed E-state index contributed by atoms with van der Waals surface area (Å²) in [6, 6.07) is 7.67. The van der Waals surface area contributed by atoms with Crippen LogP contribution >= 0.6 is 22.9 Å². The van der Waals surface area contributed by atoms with Gasteiger partial charge in [0.15, 0.2) is 0 Å². The van der Waals surface area contributed by atoms with Gasteiger partial charge in [0.05, 0.1) is 29.0 Å². The van der Waals surface area contributed by atoms with Gasteiger partial charge in [-0.1, -0.05) is 17.7 Å². The number of hydrogen-bond donors (Lipinski definition) is 1. The van der Waals surface area contributed by atoms with Crippen molar-refractivity contribution in [2.45, 2.75) is 25.3 Å². The molecule has 1 saturated heterocycles. The van der Waals surface area contributed by atoms with Crippen LogP contribution in [0.5, 0.6) is 11.5 Å². The van der Waals surface area contributed by atoms with Gasteiger partial charge < -0.3 is 19.4 Å². The first kappa shape index (κ1) is 22.6. The molecule has 35 heavy (non-hydrogen) atoms. The van der Waals surface area contributed by atoms with E-state index in [0.29, 0.717) is 43.8 Å². The highest BCUT2D eigenvalue weighted by molar-refractivity contribution is 7.26. The van der Waals surface area contributed by atoms with E-state index in [4.69, 9.17) is 21.1 Å². The molecule has 1 N–H and O–H groups in total. The second kappa shape index (κ2) is 8.96. The Morgan fingerprint density at radius 3 is 2.91 bits per heavy atom. The molecule has 2 atom stereocenters. The number of benzene rings is 1. The maximum Gasteiger partial charge on any atom is 0.328 e. The van der Waals surface area contributed by atoms with Crippen molar-refractivity contribution in [2.24, 2.45) is 5.92 Å². The summed E-state index contributed by atoms with van der Waals surface area (Å²) in [4.78, 5) is 35.4. The molecule has 1 aromatic carbocycles. The van der Waals surface area contributed by atoms with E-state index in [1.165, 1.54) is 21.5 Å². The lowest BCUT2D eigenvalue weighted by Crippen LogP contribution is -2.34. The molecule has 0 saturated carbocycles. The van der Waals surface area contributed by atoms with Gasteiger partial charge in [-0.25, -0.2) is 4.79 Å². The predicted octanol–water partition coefficient (Wildman–Crippen LogP) is 3.85. The first-order valence-electron chi connectivity index (χ1n) is 11.8. The Morgan fingerprint density at radius 2 is 2.06 bits per heavy atom. The van der Waals surface area contributed by atoms with Crippen LogP contribution in [0.25, 0.3) is 20.4 Å². The number of H-pyrrole nitrogens is 1. The largest absolute Gasteiger partial charge is 0.496 e. The summed E-state index contributed by atoms with van der Waals surface area (Å²) in [7, 11) is 1.71. The Hall–Kier alpha value is -2.88. The number of aromatic amines is 1. The van der Waals surface area contributed by atoms with Crippen LogP contribution in [0.2, 0.25) is 5.02 Å². The average molecular weight is 513 g/mol. The summed E-state index contributed by atoms with van der Waals surface area (Å²) in [6.45, 7) is 3.95.